The molecular weight excluding hydrogens is 150 g/mol. The van der Waals surface area contributed by atoms with Crippen LogP contribution in [0.4, 0.5) is 0 Å². The second kappa shape index (κ2) is 4.48. The average molecular weight is 169 g/mol. The zero-order chi connectivity index (χ0) is 8.97. The number of likely N-dealkylation sites (tertiary alicyclic amines) is 1. The van der Waals surface area contributed by atoms with Crippen molar-refractivity contribution in [2.75, 3.05) is 13.1 Å². The molecule has 0 aromatic heterocycles. The van der Waals surface area contributed by atoms with Gasteiger partial charge in [-0.3, -0.25) is 4.79 Å². The highest BCUT2D eigenvalue weighted by Crippen LogP contribution is 2.20. The Morgan fingerprint density at radius 2 is 2.33 bits per heavy atom. The monoisotopic (exact) mass is 169 g/mol. The molecule has 0 radical (unpaired) electrons. The Bertz CT molecular complexity index is 154. The van der Waals surface area contributed by atoms with Crippen molar-refractivity contribution in [3.63, 3.8) is 0 Å². The van der Waals surface area contributed by atoms with Crippen molar-refractivity contribution in [2.24, 2.45) is 5.92 Å². The van der Waals surface area contributed by atoms with Crippen LogP contribution in [-0.2, 0) is 4.79 Å². The highest BCUT2D eigenvalue weighted by Gasteiger charge is 2.20. The Morgan fingerprint density at radius 1 is 1.58 bits per heavy atom. The van der Waals surface area contributed by atoms with Gasteiger partial charge in [-0.2, -0.15) is 0 Å². The van der Waals surface area contributed by atoms with Gasteiger partial charge in [0.2, 0.25) is 5.91 Å². The predicted octanol–water partition coefficient (Wildman–Crippen LogP) is 2.04. The molecule has 1 fully saturated rings. The highest BCUT2D eigenvalue weighted by molar-refractivity contribution is 5.73. The van der Waals surface area contributed by atoms with E-state index in [1.807, 2.05) is 4.90 Å². The van der Waals surface area contributed by atoms with Gasteiger partial charge in [0, 0.05) is 20.0 Å². The molecule has 0 aromatic rings. The van der Waals surface area contributed by atoms with E-state index in [0.717, 1.165) is 19.0 Å². The molecule has 12 heavy (non-hydrogen) atoms. The van der Waals surface area contributed by atoms with E-state index in [0.29, 0.717) is 0 Å². The number of amides is 1. The van der Waals surface area contributed by atoms with Gasteiger partial charge in [-0.1, -0.05) is 13.3 Å². The zero-order valence-corrected chi connectivity index (χ0v) is 8.18. The molecule has 0 unspecified atom stereocenters. The van der Waals surface area contributed by atoms with Gasteiger partial charge in [0.15, 0.2) is 0 Å². The number of carbonyl (C=O) groups is 1. The summed E-state index contributed by atoms with van der Waals surface area (Å²) in [7, 11) is 0. The van der Waals surface area contributed by atoms with Gasteiger partial charge >= 0.3 is 0 Å². The van der Waals surface area contributed by atoms with E-state index in [2.05, 4.69) is 6.92 Å². The first-order valence-electron chi connectivity index (χ1n) is 4.99. The topological polar surface area (TPSA) is 20.3 Å². The second-order valence-corrected chi connectivity index (χ2v) is 3.76. The fraction of sp³-hybridized carbons (Fsp3) is 0.900. The molecule has 1 amide bonds. The number of hydrogen-bond acceptors (Lipinski definition) is 1. The third-order valence-electron chi connectivity index (χ3n) is 2.66. The molecule has 2 nitrogen and oxygen atoms in total. The van der Waals surface area contributed by atoms with E-state index in [-0.39, 0.29) is 5.91 Å². The number of carbonyl (C=O) groups excluding carboxylic acids is 1. The van der Waals surface area contributed by atoms with Crippen molar-refractivity contribution in [1.29, 1.82) is 0 Å². The Kier molecular flexibility index (Phi) is 3.57. The first kappa shape index (κ1) is 9.56. The summed E-state index contributed by atoms with van der Waals surface area (Å²) in [4.78, 5) is 13.1. The van der Waals surface area contributed by atoms with Gasteiger partial charge in [-0.25, -0.2) is 0 Å². The SMILES string of the molecule is CCC[C@@H]1CCCN(C(C)=O)C1. The van der Waals surface area contributed by atoms with E-state index < -0.39 is 0 Å². The van der Waals surface area contributed by atoms with Gasteiger partial charge < -0.3 is 4.90 Å². The van der Waals surface area contributed by atoms with E-state index in [1.165, 1.54) is 25.7 Å². The molecule has 0 spiro atoms. The summed E-state index contributed by atoms with van der Waals surface area (Å²) in [6.45, 7) is 5.87. The first-order valence-corrected chi connectivity index (χ1v) is 4.99. The lowest BCUT2D eigenvalue weighted by atomic mass is 9.94. The lowest BCUT2D eigenvalue weighted by Gasteiger charge is -2.31. The van der Waals surface area contributed by atoms with Crippen LogP contribution in [0.1, 0.15) is 39.5 Å². The average Bonchev–Trinajstić information content (AvgIpc) is 2.05. The number of hydrogen-bond donors (Lipinski definition) is 0. The van der Waals surface area contributed by atoms with E-state index in [9.17, 15) is 4.79 Å². The van der Waals surface area contributed by atoms with Crippen molar-refractivity contribution in [3.8, 4) is 0 Å². The van der Waals surface area contributed by atoms with Gasteiger partial charge in [0.1, 0.15) is 0 Å². The van der Waals surface area contributed by atoms with E-state index in [1.54, 1.807) is 6.92 Å². The third-order valence-corrected chi connectivity index (χ3v) is 2.66. The predicted molar refractivity (Wildman–Crippen MR) is 49.9 cm³/mol. The minimum Gasteiger partial charge on any atom is -0.343 e. The number of piperidine rings is 1. The van der Waals surface area contributed by atoms with Crippen LogP contribution in [-0.4, -0.2) is 23.9 Å². The molecule has 1 aliphatic heterocycles. The minimum atomic E-state index is 0.246. The molecule has 0 aliphatic carbocycles. The summed E-state index contributed by atoms with van der Waals surface area (Å²) < 4.78 is 0. The molecule has 1 heterocycles. The molecule has 0 bridgehead atoms. The van der Waals surface area contributed by atoms with E-state index in [4.69, 9.17) is 0 Å². The van der Waals surface area contributed by atoms with Crippen LogP contribution >= 0.6 is 0 Å². The summed E-state index contributed by atoms with van der Waals surface area (Å²) in [5.41, 5.74) is 0. The van der Waals surface area contributed by atoms with Crippen LogP contribution in [0.2, 0.25) is 0 Å². The van der Waals surface area contributed by atoms with Crippen LogP contribution in [0, 0.1) is 5.92 Å². The molecular formula is C10H19NO. The normalized spacial score (nSPS) is 24.2. The molecule has 0 aromatic carbocycles. The van der Waals surface area contributed by atoms with Gasteiger partial charge in [0.25, 0.3) is 0 Å². The Balaban J connectivity index is 2.35. The smallest absolute Gasteiger partial charge is 0.219 e. The molecule has 1 atom stereocenters. The molecule has 0 N–H and O–H groups in total. The largest absolute Gasteiger partial charge is 0.343 e. The number of rotatable bonds is 2. The van der Waals surface area contributed by atoms with Crippen molar-refractivity contribution in [2.45, 2.75) is 39.5 Å². The second-order valence-electron chi connectivity index (χ2n) is 3.76. The zero-order valence-electron chi connectivity index (χ0n) is 8.18. The van der Waals surface area contributed by atoms with Crippen molar-refractivity contribution in [1.82, 2.24) is 4.90 Å². The fourth-order valence-electron chi connectivity index (χ4n) is 1.99. The summed E-state index contributed by atoms with van der Waals surface area (Å²) in [6.07, 6.45) is 5.04. The quantitative estimate of drug-likeness (QED) is 0.619. The maximum atomic E-state index is 11.1. The van der Waals surface area contributed by atoms with Crippen molar-refractivity contribution >= 4 is 5.91 Å². The molecule has 1 aliphatic rings. The molecule has 1 rings (SSSR count). The van der Waals surface area contributed by atoms with Gasteiger partial charge in [-0.15, -0.1) is 0 Å². The highest BCUT2D eigenvalue weighted by atomic mass is 16.2. The third kappa shape index (κ3) is 2.50. The Labute approximate surface area is 74.9 Å². The Hall–Kier alpha value is -0.530. The standard InChI is InChI=1S/C10H19NO/c1-3-5-10-6-4-7-11(8-10)9(2)12/h10H,3-8H2,1-2H3/t10-/m1/s1. The fourth-order valence-corrected chi connectivity index (χ4v) is 1.99. The van der Waals surface area contributed by atoms with Crippen LogP contribution in [0.3, 0.4) is 0 Å². The van der Waals surface area contributed by atoms with Crippen LogP contribution in [0.15, 0.2) is 0 Å². The van der Waals surface area contributed by atoms with Crippen LogP contribution in [0.5, 0.6) is 0 Å². The minimum absolute atomic E-state index is 0.246. The van der Waals surface area contributed by atoms with Crippen molar-refractivity contribution in [3.05, 3.63) is 0 Å². The van der Waals surface area contributed by atoms with Gasteiger partial charge in [0.05, 0.1) is 0 Å². The van der Waals surface area contributed by atoms with Crippen molar-refractivity contribution < 1.29 is 4.79 Å². The molecule has 2 heteroatoms. The van der Waals surface area contributed by atoms with E-state index >= 15 is 0 Å². The lowest BCUT2D eigenvalue weighted by Crippen LogP contribution is -2.38. The van der Waals surface area contributed by atoms with Crippen LogP contribution in [0.25, 0.3) is 0 Å². The molecule has 1 saturated heterocycles. The lowest BCUT2D eigenvalue weighted by molar-refractivity contribution is -0.130. The summed E-state index contributed by atoms with van der Waals surface area (Å²) in [5, 5.41) is 0. The first-order chi connectivity index (χ1) is 5.74. The van der Waals surface area contributed by atoms with Gasteiger partial charge in [-0.05, 0) is 25.2 Å². The van der Waals surface area contributed by atoms with Crippen LogP contribution < -0.4 is 0 Å². The Morgan fingerprint density at radius 3 is 2.92 bits per heavy atom. The summed E-state index contributed by atoms with van der Waals surface area (Å²) >= 11 is 0. The molecule has 70 valence electrons. The number of nitrogens with zero attached hydrogens (tertiary/aromatic N) is 1. The maximum absolute atomic E-state index is 11.1. The maximum Gasteiger partial charge on any atom is 0.219 e. The molecule has 0 saturated carbocycles. The summed E-state index contributed by atoms with van der Waals surface area (Å²) in [6, 6.07) is 0. The summed E-state index contributed by atoms with van der Waals surface area (Å²) in [5.74, 6) is 1.02.